The van der Waals surface area contributed by atoms with E-state index >= 15 is 0 Å². The molecule has 0 spiro atoms. The number of rotatable bonds is 10. The predicted molar refractivity (Wildman–Crippen MR) is 128 cm³/mol. The summed E-state index contributed by atoms with van der Waals surface area (Å²) in [6.07, 6.45) is 12.5. The van der Waals surface area contributed by atoms with Crippen molar-refractivity contribution in [2.45, 2.75) is 24.5 Å². The van der Waals surface area contributed by atoms with E-state index in [-0.39, 0.29) is 18.1 Å². The van der Waals surface area contributed by atoms with Crippen molar-refractivity contribution in [1.29, 1.82) is 0 Å². The van der Waals surface area contributed by atoms with E-state index in [0.29, 0.717) is 23.6 Å². The number of ether oxygens (including phenoxy) is 1. The van der Waals surface area contributed by atoms with E-state index in [1.54, 1.807) is 17.1 Å². The summed E-state index contributed by atoms with van der Waals surface area (Å²) in [4.78, 5) is 2.28. The van der Waals surface area contributed by atoms with Crippen molar-refractivity contribution >= 4 is 28.5 Å². The normalized spacial score (nSPS) is 14.2. The van der Waals surface area contributed by atoms with Crippen LogP contribution in [0.15, 0.2) is 82.6 Å². The maximum absolute atomic E-state index is 12.8. The zero-order chi connectivity index (χ0) is 25.7. The van der Waals surface area contributed by atoms with Gasteiger partial charge in [-0.15, -0.1) is 5.10 Å². The molecule has 0 saturated carbocycles. The van der Waals surface area contributed by atoms with Crippen LogP contribution in [0.4, 0.5) is 19.4 Å². The third kappa shape index (κ3) is 7.28. The van der Waals surface area contributed by atoms with Gasteiger partial charge in [-0.05, 0) is 47.9 Å². The third-order valence-electron chi connectivity index (χ3n) is 4.89. The average molecular weight is 525 g/mol. The highest BCUT2D eigenvalue weighted by Gasteiger charge is 2.65. The van der Waals surface area contributed by atoms with Crippen molar-refractivity contribution < 1.29 is 28.6 Å². The van der Waals surface area contributed by atoms with Crippen molar-refractivity contribution in [2.24, 2.45) is 0 Å². The molecule has 36 heavy (non-hydrogen) atoms. The summed E-state index contributed by atoms with van der Waals surface area (Å²) in [5.74, 6) is 0.829. The summed E-state index contributed by atoms with van der Waals surface area (Å²) in [7, 11) is -9.68. The number of aryl methyl sites for hydroxylation is 1. The first-order chi connectivity index (χ1) is 16.9. The van der Waals surface area contributed by atoms with Gasteiger partial charge in [0.1, 0.15) is 29.2 Å². The predicted octanol–water partition coefficient (Wildman–Crippen LogP) is 7.78. The van der Waals surface area contributed by atoms with Gasteiger partial charge >= 0.3 is 10.2 Å². The molecule has 0 aliphatic carbocycles. The molecule has 0 radical (unpaired) electrons. The molecule has 0 N–H and O–H groups in total. The van der Waals surface area contributed by atoms with Crippen molar-refractivity contribution in [1.82, 2.24) is 20.0 Å². The monoisotopic (exact) mass is 524 g/mol. The van der Waals surface area contributed by atoms with Gasteiger partial charge < -0.3 is 9.15 Å². The third-order valence-corrected chi connectivity index (χ3v) is 6.05. The Hall–Kier alpha value is -3.93. The topological polar surface area (TPSA) is 66.0 Å². The van der Waals surface area contributed by atoms with Crippen molar-refractivity contribution in [3.8, 4) is 5.75 Å². The smallest absolute Gasteiger partial charge is 0.310 e. The summed E-state index contributed by atoms with van der Waals surface area (Å²) in [6, 6.07) is 10.1. The van der Waals surface area contributed by atoms with Crippen LogP contribution in [0.2, 0.25) is 0 Å². The molecular formula is C24H21F5N4O2S. The molecular weight excluding hydrogens is 503 g/mol. The highest BCUT2D eigenvalue weighted by Crippen LogP contribution is 3.02. The molecule has 0 aliphatic heterocycles. The molecule has 0 aliphatic rings. The van der Waals surface area contributed by atoms with Crippen LogP contribution in [0.5, 0.6) is 5.75 Å². The standard InChI is InChI=1S/C24H21F5N4O2S/c25-36(26,27,28,29)23-11-6-20(7-12-23)8-13-24-31-21(18-35-24)17-34-22-9-4-19(5-10-22)3-1-2-15-33-16-14-30-32-33/h1,3-14,16,18H,2,15,17H2. The van der Waals surface area contributed by atoms with Crippen LogP contribution in [-0.4, -0.2) is 20.0 Å². The molecule has 2 heterocycles. The fraction of sp³-hybridized carbons (Fsp3) is 0.125. The Morgan fingerprint density at radius 1 is 0.889 bits per heavy atom. The molecule has 4 aromatic rings. The van der Waals surface area contributed by atoms with Crippen molar-refractivity contribution in [2.75, 3.05) is 0 Å². The average Bonchev–Trinajstić information content (AvgIpc) is 3.51. The molecule has 190 valence electrons. The lowest BCUT2D eigenvalue weighted by atomic mass is 10.2. The minimum atomic E-state index is -9.68. The summed E-state index contributed by atoms with van der Waals surface area (Å²) in [5.41, 5.74) is 1.80. The van der Waals surface area contributed by atoms with E-state index in [9.17, 15) is 19.4 Å². The highest BCUT2D eigenvalue weighted by molar-refractivity contribution is 8.45. The van der Waals surface area contributed by atoms with Crippen LogP contribution in [0.25, 0.3) is 18.2 Å². The quantitative estimate of drug-likeness (QED) is 0.198. The number of nitrogens with zero attached hydrogens (tertiary/aromatic N) is 4. The van der Waals surface area contributed by atoms with Crippen LogP contribution < -0.4 is 4.74 Å². The Kier molecular flexibility index (Phi) is 6.48. The lowest BCUT2D eigenvalue weighted by molar-refractivity contribution is 0.301. The second-order valence-corrected chi connectivity index (χ2v) is 10.2. The van der Waals surface area contributed by atoms with Crippen LogP contribution >= 0.6 is 10.2 Å². The van der Waals surface area contributed by atoms with E-state index in [2.05, 4.69) is 15.3 Å². The van der Waals surface area contributed by atoms with E-state index < -0.39 is 15.1 Å². The molecule has 2 aromatic carbocycles. The Bertz CT molecular complexity index is 1350. The minimum absolute atomic E-state index is 0.142. The maximum atomic E-state index is 12.8. The summed E-state index contributed by atoms with van der Waals surface area (Å²) in [6.45, 7) is 0.889. The zero-order valence-corrected chi connectivity index (χ0v) is 19.5. The lowest BCUT2D eigenvalue weighted by Gasteiger charge is -2.40. The van der Waals surface area contributed by atoms with Gasteiger partial charge in [0.05, 0.1) is 6.20 Å². The van der Waals surface area contributed by atoms with E-state index in [1.165, 1.54) is 18.4 Å². The summed E-state index contributed by atoms with van der Waals surface area (Å²) >= 11 is 0. The first-order valence-electron chi connectivity index (χ1n) is 10.6. The Balaban J connectivity index is 1.26. The van der Waals surface area contributed by atoms with Gasteiger partial charge in [-0.25, -0.2) is 4.98 Å². The van der Waals surface area contributed by atoms with Gasteiger partial charge in [0.2, 0.25) is 5.89 Å². The highest BCUT2D eigenvalue weighted by atomic mass is 32.5. The zero-order valence-electron chi connectivity index (χ0n) is 18.7. The Morgan fingerprint density at radius 3 is 2.25 bits per heavy atom. The fourth-order valence-corrected chi connectivity index (χ4v) is 3.73. The van der Waals surface area contributed by atoms with Gasteiger partial charge in [0, 0.05) is 18.8 Å². The first kappa shape index (κ1) is 25.2. The molecule has 2 aromatic heterocycles. The SMILES string of the molecule is FS(F)(F)(F)(F)c1ccc(C=Cc2nc(COc3ccc(C=CCCn4ccnn4)cc3)co2)cc1. The van der Waals surface area contributed by atoms with E-state index in [4.69, 9.17) is 9.15 Å². The Labute approximate surface area is 203 Å². The fourth-order valence-electron chi connectivity index (χ4n) is 3.08. The molecule has 4 rings (SSSR count). The van der Waals surface area contributed by atoms with Crippen LogP contribution in [0.1, 0.15) is 29.1 Å². The van der Waals surface area contributed by atoms with E-state index in [1.807, 2.05) is 36.4 Å². The second kappa shape index (κ2) is 9.26. The molecule has 0 fully saturated rings. The lowest BCUT2D eigenvalue weighted by Crippen LogP contribution is -2.05. The van der Waals surface area contributed by atoms with E-state index in [0.717, 1.165) is 30.7 Å². The summed E-state index contributed by atoms with van der Waals surface area (Å²) < 4.78 is 76.7. The van der Waals surface area contributed by atoms with Gasteiger partial charge in [0.25, 0.3) is 0 Å². The van der Waals surface area contributed by atoms with Crippen molar-refractivity contribution in [3.63, 3.8) is 0 Å². The van der Waals surface area contributed by atoms with Crippen LogP contribution in [-0.2, 0) is 13.2 Å². The number of hydrogen-bond acceptors (Lipinski definition) is 5. The van der Waals surface area contributed by atoms with Gasteiger partial charge in [-0.3, -0.25) is 4.68 Å². The molecule has 12 heteroatoms. The van der Waals surface area contributed by atoms with Crippen LogP contribution in [0, 0.1) is 0 Å². The number of hydrogen-bond donors (Lipinski definition) is 0. The maximum Gasteiger partial charge on any atom is 0.310 e. The summed E-state index contributed by atoms with van der Waals surface area (Å²) in [5, 5.41) is 7.66. The largest absolute Gasteiger partial charge is 0.487 e. The number of benzene rings is 2. The molecule has 0 unspecified atom stereocenters. The molecule has 0 bridgehead atoms. The second-order valence-electron chi connectivity index (χ2n) is 7.76. The number of aromatic nitrogens is 4. The number of halogens is 5. The molecule has 0 amide bonds. The van der Waals surface area contributed by atoms with Gasteiger partial charge in [0.15, 0.2) is 0 Å². The van der Waals surface area contributed by atoms with Crippen LogP contribution in [0.3, 0.4) is 0 Å². The van der Waals surface area contributed by atoms with Gasteiger partial charge in [-0.2, -0.15) is 0 Å². The van der Waals surface area contributed by atoms with Crippen molar-refractivity contribution in [3.05, 3.63) is 96.0 Å². The minimum Gasteiger partial charge on any atom is -0.487 e. The molecule has 6 nitrogen and oxygen atoms in total. The molecule has 0 atom stereocenters. The number of allylic oxidation sites excluding steroid dienone is 1. The Morgan fingerprint density at radius 2 is 1.58 bits per heavy atom. The molecule has 0 saturated heterocycles. The number of oxazole rings is 1. The first-order valence-corrected chi connectivity index (χ1v) is 12.6. The van der Waals surface area contributed by atoms with Gasteiger partial charge in [-0.1, -0.05) is 61.1 Å².